The molecule has 0 atom stereocenters. The van der Waals surface area contributed by atoms with Gasteiger partial charge >= 0.3 is 0 Å². The second-order valence-corrected chi connectivity index (χ2v) is 8.64. The van der Waals surface area contributed by atoms with Crippen molar-refractivity contribution in [1.29, 1.82) is 0 Å². The van der Waals surface area contributed by atoms with Crippen molar-refractivity contribution < 1.29 is 4.42 Å². The van der Waals surface area contributed by atoms with Crippen LogP contribution >= 0.6 is 15.9 Å². The van der Waals surface area contributed by atoms with Crippen molar-refractivity contribution in [1.82, 2.24) is 15.0 Å². The smallest absolute Gasteiger partial charge is 0.250 e. The van der Waals surface area contributed by atoms with Gasteiger partial charge in [0.2, 0.25) is 17.8 Å². The lowest BCUT2D eigenvalue weighted by Gasteiger charge is -2.20. The standard InChI is InChI=1S/C22H24BrN7O/c23-17-7-5-16(6-8-17)19-10-9-18(31-19)15-24-28-20-25-21(29-11-1-2-12-29)27-22(26-20)30-13-3-4-14-30/h5-10,15H,1-4,11-14H2,(H,25,26,27,28)/b24-15+. The average Bonchev–Trinajstić information content (AvgIpc) is 3.57. The van der Waals surface area contributed by atoms with Gasteiger partial charge in [0.05, 0.1) is 6.21 Å². The maximum atomic E-state index is 5.88. The third kappa shape index (κ3) is 4.71. The topological polar surface area (TPSA) is 82.7 Å². The molecule has 2 aromatic heterocycles. The van der Waals surface area contributed by atoms with Crippen molar-refractivity contribution in [2.24, 2.45) is 5.10 Å². The molecule has 1 aromatic carbocycles. The van der Waals surface area contributed by atoms with Crippen LogP contribution in [0.2, 0.25) is 0 Å². The molecule has 0 saturated carbocycles. The van der Waals surface area contributed by atoms with E-state index in [4.69, 9.17) is 9.40 Å². The molecule has 31 heavy (non-hydrogen) atoms. The molecular formula is C22H24BrN7O. The Kier molecular flexibility index (Phi) is 5.84. The number of nitrogens with zero attached hydrogens (tertiary/aromatic N) is 6. The summed E-state index contributed by atoms with van der Waals surface area (Å²) in [4.78, 5) is 18.3. The minimum atomic E-state index is 0.453. The van der Waals surface area contributed by atoms with Crippen LogP contribution in [-0.4, -0.2) is 47.3 Å². The van der Waals surface area contributed by atoms with Crippen molar-refractivity contribution in [3.63, 3.8) is 0 Å². The lowest BCUT2D eigenvalue weighted by molar-refractivity contribution is 0.575. The fraction of sp³-hybridized carbons (Fsp3) is 0.364. The maximum Gasteiger partial charge on any atom is 0.250 e. The predicted octanol–water partition coefficient (Wildman–Crippen LogP) is 4.54. The van der Waals surface area contributed by atoms with E-state index in [0.29, 0.717) is 11.7 Å². The summed E-state index contributed by atoms with van der Waals surface area (Å²) in [6, 6.07) is 11.8. The number of aromatic nitrogens is 3. The minimum absolute atomic E-state index is 0.453. The van der Waals surface area contributed by atoms with Gasteiger partial charge in [-0.2, -0.15) is 20.1 Å². The van der Waals surface area contributed by atoms with Gasteiger partial charge in [-0.1, -0.05) is 28.1 Å². The number of nitrogens with one attached hydrogen (secondary N) is 1. The molecule has 1 N–H and O–H groups in total. The third-order valence-corrected chi connectivity index (χ3v) is 6.03. The zero-order valence-corrected chi connectivity index (χ0v) is 18.8. The van der Waals surface area contributed by atoms with E-state index < -0.39 is 0 Å². The van der Waals surface area contributed by atoms with Crippen molar-refractivity contribution in [2.45, 2.75) is 25.7 Å². The van der Waals surface area contributed by atoms with Crippen molar-refractivity contribution in [3.8, 4) is 11.3 Å². The molecule has 4 heterocycles. The van der Waals surface area contributed by atoms with Crippen LogP contribution in [0.5, 0.6) is 0 Å². The average molecular weight is 482 g/mol. The number of hydrogen-bond acceptors (Lipinski definition) is 8. The molecule has 160 valence electrons. The van der Waals surface area contributed by atoms with Gasteiger partial charge in [-0.3, -0.25) is 0 Å². The highest BCUT2D eigenvalue weighted by molar-refractivity contribution is 9.10. The number of anilines is 3. The van der Waals surface area contributed by atoms with Crippen LogP contribution in [0.4, 0.5) is 17.8 Å². The lowest BCUT2D eigenvalue weighted by Crippen LogP contribution is -2.25. The molecule has 5 rings (SSSR count). The van der Waals surface area contributed by atoms with Crippen LogP contribution in [0.3, 0.4) is 0 Å². The molecule has 0 amide bonds. The summed E-state index contributed by atoms with van der Waals surface area (Å²) in [6.07, 6.45) is 6.32. The normalized spacial score (nSPS) is 16.5. The minimum Gasteiger partial charge on any atom is -0.455 e. The molecule has 0 aliphatic carbocycles. The molecule has 0 radical (unpaired) electrons. The summed E-state index contributed by atoms with van der Waals surface area (Å²) in [5.41, 5.74) is 3.98. The fourth-order valence-electron chi connectivity index (χ4n) is 3.87. The molecule has 9 heteroatoms. The number of hydrogen-bond donors (Lipinski definition) is 1. The van der Waals surface area contributed by atoms with Crippen LogP contribution in [-0.2, 0) is 0 Å². The Morgan fingerprint density at radius 2 is 1.45 bits per heavy atom. The van der Waals surface area contributed by atoms with E-state index in [9.17, 15) is 0 Å². The van der Waals surface area contributed by atoms with Gasteiger partial charge in [0.15, 0.2) is 0 Å². The first-order valence-corrected chi connectivity index (χ1v) is 11.4. The van der Waals surface area contributed by atoms with Crippen LogP contribution in [0.1, 0.15) is 31.4 Å². The predicted molar refractivity (Wildman–Crippen MR) is 126 cm³/mol. The second kappa shape index (κ2) is 9.05. The molecular weight excluding hydrogens is 458 g/mol. The van der Waals surface area contributed by atoms with E-state index in [1.807, 2.05) is 36.4 Å². The van der Waals surface area contributed by atoms with Gasteiger partial charge in [-0.15, -0.1) is 0 Å². The lowest BCUT2D eigenvalue weighted by atomic mass is 10.2. The largest absolute Gasteiger partial charge is 0.455 e. The first kappa shape index (κ1) is 20.0. The second-order valence-electron chi connectivity index (χ2n) is 7.73. The Balaban J connectivity index is 1.32. The summed E-state index contributed by atoms with van der Waals surface area (Å²) in [5.74, 6) is 3.35. The van der Waals surface area contributed by atoms with E-state index in [0.717, 1.165) is 53.9 Å². The highest BCUT2D eigenvalue weighted by Crippen LogP contribution is 2.24. The summed E-state index contributed by atoms with van der Waals surface area (Å²) < 4.78 is 6.92. The molecule has 2 saturated heterocycles. The molecule has 0 unspecified atom stereocenters. The highest BCUT2D eigenvalue weighted by atomic mass is 79.9. The van der Waals surface area contributed by atoms with Gasteiger partial charge < -0.3 is 14.2 Å². The van der Waals surface area contributed by atoms with Gasteiger partial charge in [0.1, 0.15) is 11.5 Å². The zero-order valence-electron chi connectivity index (χ0n) is 17.2. The summed E-state index contributed by atoms with van der Waals surface area (Å²) in [7, 11) is 0. The first-order valence-electron chi connectivity index (χ1n) is 10.7. The van der Waals surface area contributed by atoms with Crippen molar-refractivity contribution in [2.75, 3.05) is 41.4 Å². The van der Waals surface area contributed by atoms with E-state index >= 15 is 0 Å². The summed E-state index contributed by atoms with van der Waals surface area (Å²) >= 11 is 3.45. The van der Waals surface area contributed by atoms with Gasteiger partial charge in [0, 0.05) is 36.2 Å². The quantitative estimate of drug-likeness (QED) is 0.408. The van der Waals surface area contributed by atoms with Crippen LogP contribution in [0, 0.1) is 0 Å². The van der Waals surface area contributed by atoms with E-state index in [1.54, 1.807) is 6.21 Å². The Labute approximate surface area is 189 Å². The summed E-state index contributed by atoms with van der Waals surface area (Å²) in [6.45, 7) is 3.93. The Bertz CT molecular complexity index is 1020. The Hall–Kier alpha value is -2.94. The molecule has 2 aliphatic heterocycles. The molecule has 8 nitrogen and oxygen atoms in total. The van der Waals surface area contributed by atoms with Crippen molar-refractivity contribution in [3.05, 3.63) is 46.6 Å². The van der Waals surface area contributed by atoms with Crippen LogP contribution in [0.15, 0.2) is 50.4 Å². The highest BCUT2D eigenvalue weighted by Gasteiger charge is 2.21. The Morgan fingerprint density at radius 1 is 0.839 bits per heavy atom. The van der Waals surface area contributed by atoms with Gasteiger partial charge in [-0.25, -0.2) is 5.43 Å². The van der Waals surface area contributed by atoms with Gasteiger partial charge in [0.25, 0.3) is 0 Å². The number of rotatable bonds is 6. The number of halogens is 1. The van der Waals surface area contributed by atoms with Crippen LogP contribution in [0.25, 0.3) is 11.3 Å². The summed E-state index contributed by atoms with van der Waals surface area (Å²) in [5, 5.41) is 4.30. The number of benzene rings is 1. The molecule has 0 bridgehead atoms. The van der Waals surface area contributed by atoms with Crippen molar-refractivity contribution >= 4 is 40.0 Å². The number of hydrazone groups is 1. The third-order valence-electron chi connectivity index (χ3n) is 5.50. The molecule has 2 aliphatic rings. The number of furan rings is 1. The SMILES string of the molecule is Brc1ccc(-c2ccc(/C=N/Nc3nc(N4CCCC4)nc(N4CCCC4)n3)o2)cc1. The maximum absolute atomic E-state index is 5.88. The molecule has 3 aromatic rings. The zero-order chi connectivity index (χ0) is 21.0. The first-order chi connectivity index (χ1) is 15.2. The monoisotopic (exact) mass is 481 g/mol. The molecule has 2 fully saturated rings. The fourth-order valence-corrected chi connectivity index (χ4v) is 4.13. The molecule has 0 spiro atoms. The van der Waals surface area contributed by atoms with E-state index in [1.165, 1.54) is 25.7 Å². The van der Waals surface area contributed by atoms with Crippen LogP contribution < -0.4 is 15.2 Å². The van der Waals surface area contributed by atoms with E-state index in [2.05, 4.69) is 46.2 Å². The van der Waals surface area contributed by atoms with E-state index in [-0.39, 0.29) is 0 Å². The van der Waals surface area contributed by atoms with Gasteiger partial charge in [-0.05, 0) is 49.9 Å². The Morgan fingerprint density at radius 3 is 2.06 bits per heavy atom.